The highest BCUT2D eigenvalue weighted by Crippen LogP contribution is 2.00. The third-order valence-corrected chi connectivity index (χ3v) is 1.84. The number of aryl methyl sites for hydroxylation is 1. The first-order valence-corrected chi connectivity index (χ1v) is 4.87. The smallest absolute Gasteiger partial charge is 0.131 e. The SMILES string of the molecule is CCOCCc1nc(C)cc(CN)n1. The van der Waals surface area contributed by atoms with E-state index in [1.165, 1.54) is 0 Å². The van der Waals surface area contributed by atoms with Crippen LogP contribution in [-0.2, 0) is 17.7 Å². The van der Waals surface area contributed by atoms with Gasteiger partial charge in [-0.3, -0.25) is 0 Å². The van der Waals surface area contributed by atoms with E-state index in [0.717, 1.165) is 30.2 Å². The lowest BCUT2D eigenvalue weighted by molar-refractivity contribution is 0.149. The number of nitrogens with two attached hydrogens (primary N) is 1. The highest BCUT2D eigenvalue weighted by molar-refractivity contribution is 5.09. The number of hydrogen-bond acceptors (Lipinski definition) is 4. The molecule has 78 valence electrons. The van der Waals surface area contributed by atoms with E-state index in [1.54, 1.807) is 0 Å². The molecule has 0 aliphatic rings. The molecule has 2 N–H and O–H groups in total. The predicted octanol–water partition coefficient (Wildman–Crippen LogP) is 0.823. The van der Waals surface area contributed by atoms with Crippen LogP contribution in [0.2, 0.25) is 0 Å². The van der Waals surface area contributed by atoms with Crippen molar-refractivity contribution in [3.63, 3.8) is 0 Å². The molecule has 0 aliphatic heterocycles. The Morgan fingerprint density at radius 1 is 1.43 bits per heavy atom. The molecule has 0 fully saturated rings. The molecule has 0 aromatic carbocycles. The Morgan fingerprint density at radius 3 is 2.86 bits per heavy atom. The first-order valence-electron chi connectivity index (χ1n) is 4.87. The zero-order valence-electron chi connectivity index (χ0n) is 8.79. The van der Waals surface area contributed by atoms with Gasteiger partial charge in [-0.15, -0.1) is 0 Å². The molecule has 1 heterocycles. The first kappa shape index (κ1) is 11.1. The van der Waals surface area contributed by atoms with Crippen LogP contribution >= 0.6 is 0 Å². The summed E-state index contributed by atoms with van der Waals surface area (Å²) in [5.74, 6) is 0.818. The number of ether oxygens (including phenoxy) is 1. The molecule has 0 bridgehead atoms. The standard InChI is InChI=1S/C10H17N3O/c1-3-14-5-4-10-12-8(2)6-9(7-11)13-10/h6H,3-5,7,11H2,1-2H3. The summed E-state index contributed by atoms with van der Waals surface area (Å²) in [6, 6.07) is 1.91. The van der Waals surface area contributed by atoms with Crippen LogP contribution < -0.4 is 5.73 Å². The number of hydrogen-bond donors (Lipinski definition) is 1. The van der Waals surface area contributed by atoms with Crippen LogP contribution in [0.1, 0.15) is 24.1 Å². The minimum atomic E-state index is 0.463. The van der Waals surface area contributed by atoms with Gasteiger partial charge in [-0.1, -0.05) is 0 Å². The molecule has 0 spiro atoms. The molecule has 0 saturated heterocycles. The van der Waals surface area contributed by atoms with Crippen molar-refractivity contribution >= 4 is 0 Å². The fraction of sp³-hybridized carbons (Fsp3) is 0.600. The summed E-state index contributed by atoms with van der Waals surface area (Å²) in [4.78, 5) is 8.61. The Morgan fingerprint density at radius 2 is 2.21 bits per heavy atom. The molecule has 0 unspecified atom stereocenters. The zero-order valence-corrected chi connectivity index (χ0v) is 8.79. The van der Waals surface area contributed by atoms with Gasteiger partial charge >= 0.3 is 0 Å². The van der Waals surface area contributed by atoms with Gasteiger partial charge in [0, 0.05) is 25.3 Å². The Labute approximate surface area is 84.5 Å². The fourth-order valence-corrected chi connectivity index (χ4v) is 1.22. The normalized spacial score (nSPS) is 10.5. The van der Waals surface area contributed by atoms with E-state index in [1.807, 2.05) is 19.9 Å². The van der Waals surface area contributed by atoms with Crippen LogP contribution in [-0.4, -0.2) is 23.2 Å². The monoisotopic (exact) mass is 195 g/mol. The second kappa shape index (κ2) is 5.67. The van der Waals surface area contributed by atoms with Crippen LogP contribution in [0, 0.1) is 6.92 Å². The second-order valence-electron chi connectivity index (χ2n) is 3.07. The summed E-state index contributed by atoms with van der Waals surface area (Å²) in [5, 5.41) is 0. The number of nitrogens with zero attached hydrogens (tertiary/aromatic N) is 2. The van der Waals surface area contributed by atoms with Gasteiger partial charge in [0.15, 0.2) is 0 Å². The second-order valence-corrected chi connectivity index (χ2v) is 3.07. The maximum absolute atomic E-state index is 5.52. The summed E-state index contributed by atoms with van der Waals surface area (Å²) in [7, 11) is 0. The van der Waals surface area contributed by atoms with Crippen LogP contribution in [0.3, 0.4) is 0 Å². The van der Waals surface area contributed by atoms with Gasteiger partial charge < -0.3 is 10.5 Å². The summed E-state index contributed by atoms with van der Waals surface area (Å²) < 4.78 is 5.24. The molecule has 4 heteroatoms. The number of rotatable bonds is 5. The van der Waals surface area contributed by atoms with Crippen molar-refractivity contribution in [2.24, 2.45) is 5.73 Å². The van der Waals surface area contributed by atoms with E-state index in [9.17, 15) is 0 Å². The van der Waals surface area contributed by atoms with Gasteiger partial charge in [-0.25, -0.2) is 9.97 Å². The molecule has 0 aliphatic carbocycles. The lowest BCUT2D eigenvalue weighted by atomic mass is 10.3. The highest BCUT2D eigenvalue weighted by Gasteiger charge is 2.00. The van der Waals surface area contributed by atoms with E-state index < -0.39 is 0 Å². The summed E-state index contributed by atoms with van der Waals surface area (Å²) in [5.41, 5.74) is 7.38. The Kier molecular flexibility index (Phi) is 4.49. The summed E-state index contributed by atoms with van der Waals surface area (Å²) in [6.07, 6.45) is 0.753. The third-order valence-electron chi connectivity index (χ3n) is 1.84. The van der Waals surface area contributed by atoms with Gasteiger partial charge in [-0.05, 0) is 19.9 Å². The fourth-order valence-electron chi connectivity index (χ4n) is 1.22. The zero-order chi connectivity index (χ0) is 10.4. The molecule has 1 aromatic rings. The molecule has 0 radical (unpaired) electrons. The van der Waals surface area contributed by atoms with Gasteiger partial charge in [0.05, 0.1) is 12.3 Å². The molecule has 14 heavy (non-hydrogen) atoms. The molecule has 0 atom stereocenters. The van der Waals surface area contributed by atoms with Crippen molar-refractivity contribution < 1.29 is 4.74 Å². The van der Waals surface area contributed by atoms with Crippen LogP contribution in [0.4, 0.5) is 0 Å². The van der Waals surface area contributed by atoms with E-state index in [0.29, 0.717) is 13.2 Å². The van der Waals surface area contributed by atoms with Gasteiger partial charge in [-0.2, -0.15) is 0 Å². The highest BCUT2D eigenvalue weighted by atomic mass is 16.5. The maximum atomic E-state index is 5.52. The lowest BCUT2D eigenvalue weighted by Gasteiger charge is -2.04. The van der Waals surface area contributed by atoms with E-state index >= 15 is 0 Å². The minimum Gasteiger partial charge on any atom is -0.381 e. The van der Waals surface area contributed by atoms with Crippen molar-refractivity contribution in [1.82, 2.24) is 9.97 Å². The molecular weight excluding hydrogens is 178 g/mol. The molecule has 1 aromatic heterocycles. The van der Waals surface area contributed by atoms with Crippen molar-refractivity contribution in [2.45, 2.75) is 26.8 Å². The molecule has 1 rings (SSSR count). The van der Waals surface area contributed by atoms with Gasteiger partial charge in [0.25, 0.3) is 0 Å². The molecular formula is C10H17N3O. The summed E-state index contributed by atoms with van der Waals surface area (Å²) in [6.45, 7) is 5.79. The number of aromatic nitrogens is 2. The Hall–Kier alpha value is -1.00. The average Bonchev–Trinajstić information content (AvgIpc) is 2.17. The molecule has 4 nitrogen and oxygen atoms in total. The predicted molar refractivity (Wildman–Crippen MR) is 54.9 cm³/mol. The van der Waals surface area contributed by atoms with Crippen LogP contribution in [0.15, 0.2) is 6.07 Å². The maximum Gasteiger partial charge on any atom is 0.131 e. The largest absolute Gasteiger partial charge is 0.381 e. The van der Waals surface area contributed by atoms with Crippen molar-refractivity contribution in [1.29, 1.82) is 0 Å². The summed E-state index contributed by atoms with van der Waals surface area (Å²) >= 11 is 0. The van der Waals surface area contributed by atoms with Crippen LogP contribution in [0.25, 0.3) is 0 Å². The van der Waals surface area contributed by atoms with Gasteiger partial charge in [0.2, 0.25) is 0 Å². The Balaban J connectivity index is 2.62. The van der Waals surface area contributed by atoms with Crippen LogP contribution in [0.5, 0.6) is 0 Å². The Bertz CT molecular complexity index is 289. The molecule has 0 saturated carbocycles. The van der Waals surface area contributed by atoms with E-state index in [4.69, 9.17) is 10.5 Å². The minimum absolute atomic E-state index is 0.463. The van der Waals surface area contributed by atoms with E-state index in [-0.39, 0.29) is 0 Å². The van der Waals surface area contributed by atoms with E-state index in [2.05, 4.69) is 9.97 Å². The quantitative estimate of drug-likeness (QED) is 0.707. The van der Waals surface area contributed by atoms with Crippen molar-refractivity contribution in [3.05, 3.63) is 23.3 Å². The molecule has 0 amide bonds. The average molecular weight is 195 g/mol. The third kappa shape index (κ3) is 3.40. The topological polar surface area (TPSA) is 61.0 Å². The van der Waals surface area contributed by atoms with Gasteiger partial charge in [0.1, 0.15) is 5.82 Å². The van der Waals surface area contributed by atoms with Crippen molar-refractivity contribution in [3.8, 4) is 0 Å². The first-order chi connectivity index (χ1) is 6.76. The van der Waals surface area contributed by atoms with Crippen molar-refractivity contribution in [2.75, 3.05) is 13.2 Å². The lowest BCUT2D eigenvalue weighted by Crippen LogP contribution is -2.08.